The first-order chi connectivity index (χ1) is 15.0. The molecule has 3 rings (SSSR count). The van der Waals surface area contributed by atoms with E-state index in [9.17, 15) is 24.3 Å². The maximum atomic E-state index is 12.6. The first kappa shape index (κ1) is 21.9. The second kappa shape index (κ2) is 10.3. The molecule has 3 amide bonds. The van der Waals surface area contributed by atoms with Crippen molar-refractivity contribution in [2.75, 3.05) is 13.2 Å². The monoisotopic (exact) mass is 418 g/mol. The van der Waals surface area contributed by atoms with E-state index in [1.807, 2.05) is 30.3 Å². The van der Waals surface area contributed by atoms with Gasteiger partial charge < -0.3 is 10.4 Å². The maximum absolute atomic E-state index is 12.6. The molecule has 0 saturated carbocycles. The van der Waals surface area contributed by atoms with Gasteiger partial charge >= 0.3 is 0 Å². The highest BCUT2D eigenvalue weighted by atomic mass is 16.3. The van der Waals surface area contributed by atoms with Crippen LogP contribution in [0.4, 0.5) is 0 Å². The summed E-state index contributed by atoms with van der Waals surface area (Å²) in [7, 11) is 0. The number of rotatable bonds is 6. The summed E-state index contributed by atoms with van der Waals surface area (Å²) < 4.78 is 0. The molecule has 0 unspecified atom stereocenters. The van der Waals surface area contributed by atoms with Crippen LogP contribution < -0.4 is 5.32 Å². The third-order valence-corrected chi connectivity index (χ3v) is 4.87. The first-order valence-corrected chi connectivity index (χ1v) is 9.92. The van der Waals surface area contributed by atoms with Crippen LogP contribution in [0.5, 0.6) is 0 Å². The molecule has 7 nitrogen and oxygen atoms in total. The van der Waals surface area contributed by atoms with E-state index >= 15 is 0 Å². The summed E-state index contributed by atoms with van der Waals surface area (Å²) >= 11 is 0. The molecule has 1 atom stereocenters. The van der Waals surface area contributed by atoms with Crippen LogP contribution >= 0.6 is 0 Å². The van der Waals surface area contributed by atoms with Gasteiger partial charge in [-0.1, -0.05) is 30.0 Å². The second-order valence-corrected chi connectivity index (χ2v) is 7.10. The van der Waals surface area contributed by atoms with E-state index in [0.29, 0.717) is 12.0 Å². The lowest BCUT2D eigenvalue weighted by molar-refractivity contribution is -0.148. The Morgan fingerprint density at radius 3 is 2.10 bits per heavy atom. The zero-order valence-corrected chi connectivity index (χ0v) is 16.8. The lowest BCUT2D eigenvalue weighted by Crippen LogP contribution is -2.53. The Morgan fingerprint density at radius 1 is 0.935 bits per heavy atom. The number of carbonyl (C=O) groups excluding carboxylic acids is 4. The van der Waals surface area contributed by atoms with Crippen molar-refractivity contribution in [1.29, 1.82) is 0 Å². The van der Waals surface area contributed by atoms with E-state index in [4.69, 9.17) is 0 Å². The minimum Gasteiger partial charge on any atom is -0.388 e. The standard InChI is InChI=1S/C24H22N2O5/c27-16-21(28)20(15-26-22(29)7-4-8-23(26)30)25-24(31)19-13-11-18(12-14-19)10-9-17-5-2-1-3-6-17/h1-3,5-6,11-14,20,27H,4,7-8,15-16H2,(H,25,31)/t20-/m0/s1. The first-order valence-electron chi connectivity index (χ1n) is 9.92. The van der Waals surface area contributed by atoms with E-state index in [1.54, 1.807) is 24.3 Å². The highest BCUT2D eigenvalue weighted by Gasteiger charge is 2.31. The van der Waals surface area contributed by atoms with Gasteiger partial charge in [0.15, 0.2) is 5.78 Å². The number of carbonyl (C=O) groups is 4. The number of hydrogen-bond donors (Lipinski definition) is 2. The van der Waals surface area contributed by atoms with Crippen molar-refractivity contribution in [3.8, 4) is 11.8 Å². The molecule has 158 valence electrons. The van der Waals surface area contributed by atoms with Crippen LogP contribution in [0.25, 0.3) is 0 Å². The van der Waals surface area contributed by atoms with E-state index < -0.39 is 24.3 Å². The number of Topliss-reactive ketones (excluding diaryl/α,β-unsaturated/α-hetero) is 1. The summed E-state index contributed by atoms with van der Waals surface area (Å²) in [6, 6.07) is 14.8. The van der Waals surface area contributed by atoms with E-state index in [0.717, 1.165) is 10.5 Å². The van der Waals surface area contributed by atoms with E-state index in [2.05, 4.69) is 17.2 Å². The fourth-order valence-corrected chi connectivity index (χ4v) is 3.14. The molecule has 2 aromatic carbocycles. The number of nitrogens with one attached hydrogen (secondary N) is 1. The molecule has 31 heavy (non-hydrogen) atoms. The van der Waals surface area contributed by atoms with E-state index in [-0.39, 0.29) is 36.8 Å². The molecule has 0 aliphatic carbocycles. The Kier molecular flexibility index (Phi) is 7.31. The van der Waals surface area contributed by atoms with Gasteiger partial charge in [-0.15, -0.1) is 0 Å². The molecule has 1 heterocycles. The quantitative estimate of drug-likeness (QED) is 0.543. The van der Waals surface area contributed by atoms with Crippen LogP contribution in [0, 0.1) is 11.8 Å². The number of piperidine rings is 1. The highest BCUT2D eigenvalue weighted by molar-refractivity contribution is 6.00. The Bertz CT molecular complexity index is 1020. The zero-order valence-electron chi connectivity index (χ0n) is 16.8. The van der Waals surface area contributed by atoms with Crippen LogP contribution in [0.2, 0.25) is 0 Å². The molecular weight excluding hydrogens is 396 g/mol. The topological polar surface area (TPSA) is 104 Å². The van der Waals surface area contributed by atoms with Crippen molar-refractivity contribution in [3.05, 3.63) is 71.3 Å². The fraction of sp³-hybridized carbons (Fsp3) is 0.250. The Hall–Kier alpha value is -3.76. The number of hydrogen-bond acceptors (Lipinski definition) is 5. The third-order valence-electron chi connectivity index (χ3n) is 4.87. The Balaban J connectivity index is 1.68. The van der Waals surface area contributed by atoms with Crippen LogP contribution in [-0.4, -0.2) is 52.7 Å². The SMILES string of the molecule is O=C(N[C@@H](CN1C(=O)CCCC1=O)C(=O)CO)c1ccc(C#Cc2ccccc2)cc1. The van der Waals surface area contributed by atoms with Gasteiger partial charge in [-0.05, 0) is 42.8 Å². The lowest BCUT2D eigenvalue weighted by Gasteiger charge is -2.28. The van der Waals surface area contributed by atoms with Gasteiger partial charge in [0.2, 0.25) is 11.8 Å². The average molecular weight is 418 g/mol. The number of imide groups is 1. The van der Waals surface area contributed by atoms with Crippen molar-refractivity contribution < 1.29 is 24.3 Å². The van der Waals surface area contributed by atoms with Crippen molar-refractivity contribution >= 4 is 23.5 Å². The van der Waals surface area contributed by atoms with Crippen molar-refractivity contribution in [2.24, 2.45) is 0 Å². The van der Waals surface area contributed by atoms with Crippen molar-refractivity contribution in [3.63, 3.8) is 0 Å². The molecule has 0 radical (unpaired) electrons. The molecule has 2 aromatic rings. The molecule has 1 fully saturated rings. The fourth-order valence-electron chi connectivity index (χ4n) is 3.14. The predicted octanol–water partition coefficient (Wildman–Crippen LogP) is 1.29. The summed E-state index contributed by atoms with van der Waals surface area (Å²) in [6.07, 6.45) is 0.898. The zero-order chi connectivity index (χ0) is 22.2. The van der Waals surface area contributed by atoms with Gasteiger partial charge in [-0.2, -0.15) is 0 Å². The molecule has 0 bridgehead atoms. The van der Waals surface area contributed by atoms with Crippen LogP contribution in [0.3, 0.4) is 0 Å². The van der Waals surface area contributed by atoms with Gasteiger partial charge in [-0.3, -0.25) is 24.1 Å². The molecular formula is C24H22N2O5. The lowest BCUT2D eigenvalue weighted by atomic mass is 10.1. The van der Waals surface area contributed by atoms with Crippen LogP contribution in [-0.2, 0) is 14.4 Å². The van der Waals surface area contributed by atoms with Crippen LogP contribution in [0.15, 0.2) is 54.6 Å². The molecule has 7 heteroatoms. The largest absolute Gasteiger partial charge is 0.388 e. The summed E-state index contributed by atoms with van der Waals surface area (Å²) in [6.45, 7) is -1.10. The summed E-state index contributed by atoms with van der Waals surface area (Å²) in [5, 5.41) is 11.8. The van der Waals surface area contributed by atoms with Crippen LogP contribution in [0.1, 0.15) is 40.7 Å². The number of aliphatic hydroxyl groups excluding tert-OH is 1. The van der Waals surface area contributed by atoms with Crippen molar-refractivity contribution in [2.45, 2.75) is 25.3 Å². The number of benzene rings is 2. The summed E-state index contributed by atoms with van der Waals surface area (Å²) in [5.74, 6) is 4.04. The number of nitrogens with zero attached hydrogens (tertiary/aromatic N) is 1. The maximum Gasteiger partial charge on any atom is 0.251 e. The predicted molar refractivity (Wildman–Crippen MR) is 113 cm³/mol. The van der Waals surface area contributed by atoms with Gasteiger partial charge in [0.05, 0.1) is 6.54 Å². The molecule has 0 aromatic heterocycles. The van der Waals surface area contributed by atoms with Gasteiger partial charge in [0.1, 0.15) is 12.6 Å². The second-order valence-electron chi connectivity index (χ2n) is 7.10. The number of likely N-dealkylation sites (tertiary alicyclic amines) is 1. The van der Waals surface area contributed by atoms with Gasteiger partial charge in [0.25, 0.3) is 5.91 Å². The van der Waals surface area contributed by atoms with E-state index in [1.165, 1.54) is 0 Å². The minimum absolute atomic E-state index is 0.213. The molecule has 1 saturated heterocycles. The normalized spacial score (nSPS) is 14.4. The number of ketones is 1. The summed E-state index contributed by atoms with van der Waals surface area (Å²) in [5.41, 5.74) is 1.88. The van der Waals surface area contributed by atoms with Gasteiger partial charge in [0, 0.05) is 29.5 Å². The average Bonchev–Trinajstić information content (AvgIpc) is 2.79. The minimum atomic E-state index is -1.18. The molecule has 1 aliphatic rings. The smallest absolute Gasteiger partial charge is 0.251 e. The molecule has 1 aliphatic heterocycles. The molecule has 2 N–H and O–H groups in total. The molecule has 0 spiro atoms. The third kappa shape index (κ3) is 5.87. The Morgan fingerprint density at radius 2 is 1.52 bits per heavy atom. The summed E-state index contributed by atoms with van der Waals surface area (Å²) in [4.78, 5) is 49.7. The Labute approximate surface area is 180 Å². The van der Waals surface area contributed by atoms with Crippen molar-refractivity contribution in [1.82, 2.24) is 10.2 Å². The number of amides is 3. The number of aliphatic hydroxyl groups is 1. The highest BCUT2D eigenvalue weighted by Crippen LogP contribution is 2.13. The van der Waals surface area contributed by atoms with Gasteiger partial charge in [-0.25, -0.2) is 0 Å².